The van der Waals surface area contributed by atoms with Crippen molar-refractivity contribution >= 4 is 17.2 Å². The standard InChI is InChI=1S/C18H15FN2OS/c19-15-8-6-13(7-9-15)10-16-11-20-17(23-16)12-21-18(22)14-4-2-1-3-5-14/h1-9,11H,10,12H2,(H,21,22). The van der Waals surface area contributed by atoms with Crippen LogP contribution in [0.15, 0.2) is 60.8 Å². The molecule has 5 heteroatoms. The Hall–Kier alpha value is -2.53. The van der Waals surface area contributed by atoms with E-state index in [1.54, 1.807) is 41.8 Å². The lowest BCUT2D eigenvalue weighted by molar-refractivity contribution is 0.0951. The molecule has 3 nitrogen and oxygen atoms in total. The molecule has 0 saturated heterocycles. The Balaban J connectivity index is 1.57. The van der Waals surface area contributed by atoms with Crippen molar-refractivity contribution in [2.75, 3.05) is 0 Å². The highest BCUT2D eigenvalue weighted by Gasteiger charge is 2.07. The van der Waals surface area contributed by atoms with Crippen LogP contribution in [-0.4, -0.2) is 10.9 Å². The van der Waals surface area contributed by atoms with Crippen LogP contribution in [0, 0.1) is 5.82 Å². The quantitative estimate of drug-likeness (QED) is 0.775. The van der Waals surface area contributed by atoms with Crippen LogP contribution in [0.25, 0.3) is 0 Å². The van der Waals surface area contributed by atoms with Gasteiger partial charge >= 0.3 is 0 Å². The van der Waals surface area contributed by atoms with Crippen molar-refractivity contribution in [3.63, 3.8) is 0 Å². The summed E-state index contributed by atoms with van der Waals surface area (Å²) >= 11 is 1.55. The van der Waals surface area contributed by atoms with E-state index in [0.717, 1.165) is 15.4 Å². The largest absolute Gasteiger partial charge is 0.346 e. The van der Waals surface area contributed by atoms with Crippen molar-refractivity contribution in [1.29, 1.82) is 0 Å². The normalized spacial score (nSPS) is 10.5. The van der Waals surface area contributed by atoms with Crippen molar-refractivity contribution in [1.82, 2.24) is 10.3 Å². The van der Waals surface area contributed by atoms with Crippen LogP contribution >= 0.6 is 11.3 Å². The first-order valence-corrected chi connectivity index (χ1v) is 8.03. The topological polar surface area (TPSA) is 42.0 Å². The zero-order chi connectivity index (χ0) is 16.1. The molecule has 1 heterocycles. The summed E-state index contributed by atoms with van der Waals surface area (Å²) in [5.41, 5.74) is 1.67. The molecule has 0 bridgehead atoms. The molecule has 0 aliphatic carbocycles. The minimum atomic E-state index is -0.234. The molecule has 2 aromatic carbocycles. The first-order valence-electron chi connectivity index (χ1n) is 7.22. The van der Waals surface area contributed by atoms with Gasteiger partial charge in [-0.1, -0.05) is 30.3 Å². The maximum atomic E-state index is 12.9. The smallest absolute Gasteiger partial charge is 0.251 e. The number of hydrogen-bond acceptors (Lipinski definition) is 3. The van der Waals surface area contributed by atoms with Crippen LogP contribution in [-0.2, 0) is 13.0 Å². The average molecular weight is 326 g/mol. The van der Waals surface area contributed by atoms with Gasteiger partial charge in [-0.15, -0.1) is 11.3 Å². The number of halogens is 1. The summed E-state index contributed by atoms with van der Waals surface area (Å²) in [4.78, 5) is 17.4. The maximum Gasteiger partial charge on any atom is 0.251 e. The van der Waals surface area contributed by atoms with Gasteiger partial charge < -0.3 is 5.32 Å². The molecule has 3 rings (SSSR count). The van der Waals surface area contributed by atoms with Crippen LogP contribution in [0.2, 0.25) is 0 Å². The SMILES string of the molecule is O=C(NCc1ncc(Cc2ccc(F)cc2)s1)c1ccccc1. The molecule has 0 aliphatic heterocycles. The summed E-state index contributed by atoms with van der Waals surface area (Å²) < 4.78 is 12.9. The Bertz CT molecular complexity index is 784. The number of carbonyl (C=O) groups is 1. The molecule has 0 atom stereocenters. The van der Waals surface area contributed by atoms with E-state index < -0.39 is 0 Å². The molecular weight excluding hydrogens is 311 g/mol. The molecular formula is C18H15FN2OS. The van der Waals surface area contributed by atoms with Crippen LogP contribution in [0.3, 0.4) is 0 Å². The van der Waals surface area contributed by atoms with Gasteiger partial charge in [0.2, 0.25) is 0 Å². The zero-order valence-corrected chi connectivity index (χ0v) is 13.1. The molecule has 0 unspecified atom stereocenters. The highest BCUT2D eigenvalue weighted by atomic mass is 32.1. The Morgan fingerprint density at radius 3 is 2.57 bits per heavy atom. The third kappa shape index (κ3) is 4.23. The zero-order valence-electron chi connectivity index (χ0n) is 12.3. The number of thiazole rings is 1. The first-order chi connectivity index (χ1) is 11.2. The van der Waals surface area contributed by atoms with E-state index in [2.05, 4.69) is 10.3 Å². The molecule has 1 amide bonds. The monoisotopic (exact) mass is 326 g/mol. The van der Waals surface area contributed by atoms with E-state index in [1.807, 2.05) is 18.2 Å². The van der Waals surface area contributed by atoms with Gasteiger partial charge in [-0.05, 0) is 29.8 Å². The van der Waals surface area contributed by atoms with E-state index in [1.165, 1.54) is 12.1 Å². The fourth-order valence-electron chi connectivity index (χ4n) is 2.16. The Kier molecular flexibility index (Phi) is 4.78. The van der Waals surface area contributed by atoms with Crippen LogP contribution in [0.5, 0.6) is 0 Å². The van der Waals surface area contributed by atoms with Crippen molar-refractivity contribution in [2.24, 2.45) is 0 Å². The van der Waals surface area contributed by atoms with Crippen LogP contribution < -0.4 is 5.32 Å². The van der Waals surface area contributed by atoms with Gasteiger partial charge in [-0.25, -0.2) is 9.37 Å². The van der Waals surface area contributed by atoms with Gasteiger partial charge in [0.25, 0.3) is 5.91 Å². The van der Waals surface area contributed by atoms with Crippen LogP contribution in [0.4, 0.5) is 4.39 Å². The lowest BCUT2D eigenvalue weighted by Crippen LogP contribution is -2.22. The molecule has 0 fully saturated rings. The second-order valence-corrected chi connectivity index (χ2v) is 6.27. The summed E-state index contributed by atoms with van der Waals surface area (Å²) in [6.45, 7) is 0.405. The highest BCUT2D eigenvalue weighted by molar-refractivity contribution is 7.11. The van der Waals surface area contributed by atoms with Gasteiger partial charge in [0.05, 0.1) is 6.54 Å². The highest BCUT2D eigenvalue weighted by Crippen LogP contribution is 2.17. The van der Waals surface area contributed by atoms with Gasteiger partial charge in [-0.3, -0.25) is 4.79 Å². The molecule has 1 N–H and O–H groups in total. The van der Waals surface area contributed by atoms with E-state index >= 15 is 0 Å². The number of amides is 1. The fraction of sp³-hybridized carbons (Fsp3) is 0.111. The predicted molar refractivity (Wildman–Crippen MR) is 88.9 cm³/mol. The average Bonchev–Trinajstić information content (AvgIpc) is 3.03. The Labute approximate surface area is 137 Å². The lowest BCUT2D eigenvalue weighted by Gasteiger charge is -2.02. The molecule has 0 aliphatic rings. The number of carbonyl (C=O) groups excluding carboxylic acids is 1. The maximum absolute atomic E-state index is 12.9. The summed E-state index contributed by atoms with van der Waals surface area (Å²) in [7, 11) is 0. The molecule has 0 spiro atoms. The first kappa shape index (κ1) is 15.4. The number of nitrogens with one attached hydrogen (secondary N) is 1. The second-order valence-electron chi connectivity index (χ2n) is 5.07. The molecule has 23 heavy (non-hydrogen) atoms. The number of nitrogens with zero attached hydrogens (tertiary/aromatic N) is 1. The number of benzene rings is 2. The summed E-state index contributed by atoms with van der Waals surface area (Å²) in [6, 6.07) is 15.5. The molecule has 0 saturated carbocycles. The van der Waals surface area contributed by atoms with E-state index in [-0.39, 0.29) is 11.7 Å². The molecule has 0 radical (unpaired) electrons. The van der Waals surface area contributed by atoms with Crippen molar-refractivity contribution in [3.05, 3.63) is 87.6 Å². The van der Waals surface area contributed by atoms with E-state index in [9.17, 15) is 9.18 Å². The van der Waals surface area contributed by atoms with Crippen molar-refractivity contribution in [3.8, 4) is 0 Å². The van der Waals surface area contributed by atoms with E-state index in [0.29, 0.717) is 18.5 Å². The van der Waals surface area contributed by atoms with Crippen molar-refractivity contribution in [2.45, 2.75) is 13.0 Å². The third-order valence-corrected chi connectivity index (χ3v) is 4.33. The number of aromatic nitrogens is 1. The summed E-state index contributed by atoms with van der Waals surface area (Å²) in [5, 5.41) is 3.71. The minimum Gasteiger partial charge on any atom is -0.346 e. The van der Waals surface area contributed by atoms with Gasteiger partial charge in [-0.2, -0.15) is 0 Å². The summed E-state index contributed by atoms with van der Waals surface area (Å²) in [5.74, 6) is -0.344. The second kappa shape index (κ2) is 7.15. The summed E-state index contributed by atoms with van der Waals surface area (Å²) in [6.07, 6.45) is 2.52. The minimum absolute atomic E-state index is 0.110. The number of rotatable bonds is 5. The Morgan fingerprint density at radius 1 is 1.09 bits per heavy atom. The Morgan fingerprint density at radius 2 is 1.83 bits per heavy atom. The lowest BCUT2D eigenvalue weighted by atomic mass is 10.1. The van der Waals surface area contributed by atoms with E-state index in [4.69, 9.17) is 0 Å². The van der Waals surface area contributed by atoms with Crippen molar-refractivity contribution < 1.29 is 9.18 Å². The number of hydrogen-bond donors (Lipinski definition) is 1. The predicted octanol–water partition coefficient (Wildman–Crippen LogP) is 3.80. The molecule has 3 aromatic rings. The third-order valence-electron chi connectivity index (χ3n) is 3.33. The van der Waals surface area contributed by atoms with Gasteiger partial charge in [0, 0.05) is 23.1 Å². The van der Waals surface area contributed by atoms with Gasteiger partial charge in [0.1, 0.15) is 10.8 Å². The van der Waals surface area contributed by atoms with Gasteiger partial charge in [0.15, 0.2) is 0 Å². The molecule has 1 aromatic heterocycles. The fourth-order valence-corrected chi connectivity index (χ4v) is 3.06. The van der Waals surface area contributed by atoms with Crippen LogP contribution in [0.1, 0.15) is 25.8 Å². The molecule has 116 valence electrons.